The number of rotatable bonds is 5. The minimum Gasteiger partial charge on any atom is -0.463 e. The Morgan fingerprint density at radius 3 is 3.29 bits per heavy atom. The van der Waals surface area contributed by atoms with Gasteiger partial charge in [0, 0.05) is 6.20 Å². The van der Waals surface area contributed by atoms with Crippen LogP contribution >= 0.6 is 0 Å². The molecule has 1 aromatic heterocycles. The van der Waals surface area contributed by atoms with Gasteiger partial charge < -0.3 is 9.57 Å². The Morgan fingerprint density at radius 1 is 1.79 bits per heavy atom. The molecule has 0 atom stereocenters. The summed E-state index contributed by atoms with van der Waals surface area (Å²) in [7, 11) is 0. The second-order valence-corrected chi connectivity index (χ2v) is 2.31. The molecule has 76 valence electrons. The molecule has 1 heterocycles. The number of nitrogens with zero attached hydrogens (tertiary/aromatic N) is 2. The zero-order valence-corrected chi connectivity index (χ0v) is 7.77. The first-order chi connectivity index (χ1) is 6.83. The molecule has 0 amide bonds. The van der Waals surface area contributed by atoms with Gasteiger partial charge in [-0.05, 0) is 13.0 Å². The summed E-state index contributed by atoms with van der Waals surface area (Å²) in [5.74, 6) is -0.438. The van der Waals surface area contributed by atoms with E-state index in [1.165, 1.54) is 6.21 Å². The molecule has 0 unspecified atom stereocenters. The molecule has 0 spiro atoms. The molecule has 0 aliphatic carbocycles. The van der Waals surface area contributed by atoms with Crippen LogP contribution in [0.1, 0.15) is 12.6 Å². The maximum Gasteiger partial charge on any atom is 0.347 e. The second-order valence-electron chi connectivity index (χ2n) is 2.31. The Labute approximate surface area is 80.9 Å². The lowest BCUT2D eigenvalue weighted by Crippen LogP contribution is -2.10. The molecule has 6 heteroatoms. The van der Waals surface area contributed by atoms with Crippen LogP contribution in [0.25, 0.3) is 0 Å². The fourth-order valence-corrected chi connectivity index (χ4v) is 0.728. The van der Waals surface area contributed by atoms with E-state index < -0.39 is 5.97 Å². The van der Waals surface area contributed by atoms with Crippen molar-refractivity contribution < 1.29 is 14.4 Å². The zero-order chi connectivity index (χ0) is 10.2. The Hall–Kier alpha value is -1.85. The van der Waals surface area contributed by atoms with Gasteiger partial charge in [-0.15, -0.1) is 0 Å². The van der Waals surface area contributed by atoms with Crippen molar-refractivity contribution in [2.75, 3.05) is 13.2 Å². The topological polar surface area (TPSA) is 76.6 Å². The van der Waals surface area contributed by atoms with Crippen LogP contribution in [0.15, 0.2) is 17.4 Å². The standard InChI is InChI=1S/C8H11N3O3/c1-2-13-8(12)6-14-10-5-7-3-4-9-11-7/h3-5H,2,6H2,1H3,(H,9,11). The van der Waals surface area contributed by atoms with Crippen LogP contribution in [0.3, 0.4) is 0 Å². The predicted octanol–water partition coefficient (Wildman–Crippen LogP) is 0.323. The first-order valence-corrected chi connectivity index (χ1v) is 4.13. The molecule has 1 N–H and O–H groups in total. The molecular weight excluding hydrogens is 186 g/mol. The molecule has 0 radical (unpaired) electrons. The monoisotopic (exact) mass is 197 g/mol. The predicted molar refractivity (Wildman–Crippen MR) is 48.8 cm³/mol. The summed E-state index contributed by atoms with van der Waals surface area (Å²) in [6, 6.07) is 1.72. The average Bonchev–Trinajstić information content (AvgIpc) is 2.65. The summed E-state index contributed by atoms with van der Waals surface area (Å²) in [5.41, 5.74) is 0.633. The molecule has 0 bridgehead atoms. The van der Waals surface area contributed by atoms with E-state index in [2.05, 4.69) is 24.9 Å². The second kappa shape index (κ2) is 5.74. The molecule has 0 aliphatic rings. The molecule has 0 saturated carbocycles. The maximum atomic E-state index is 10.8. The van der Waals surface area contributed by atoms with E-state index in [1.807, 2.05) is 0 Å². The third-order valence-corrected chi connectivity index (χ3v) is 1.27. The Balaban J connectivity index is 2.18. The van der Waals surface area contributed by atoms with E-state index in [9.17, 15) is 4.79 Å². The third kappa shape index (κ3) is 3.70. The zero-order valence-electron chi connectivity index (χ0n) is 7.77. The minimum atomic E-state index is -0.438. The van der Waals surface area contributed by atoms with Crippen molar-refractivity contribution in [3.8, 4) is 0 Å². The molecule has 6 nitrogen and oxygen atoms in total. The first-order valence-electron chi connectivity index (χ1n) is 4.13. The van der Waals surface area contributed by atoms with Crippen LogP contribution in [-0.2, 0) is 14.4 Å². The van der Waals surface area contributed by atoms with E-state index in [0.29, 0.717) is 12.3 Å². The third-order valence-electron chi connectivity index (χ3n) is 1.27. The van der Waals surface area contributed by atoms with Crippen LogP contribution in [0.5, 0.6) is 0 Å². The smallest absolute Gasteiger partial charge is 0.347 e. The molecule has 1 rings (SSSR count). The van der Waals surface area contributed by atoms with Gasteiger partial charge >= 0.3 is 5.97 Å². The number of nitrogens with one attached hydrogen (secondary N) is 1. The highest BCUT2D eigenvalue weighted by Crippen LogP contribution is 1.87. The van der Waals surface area contributed by atoms with Crippen LogP contribution in [0, 0.1) is 0 Å². The number of oxime groups is 1. The quantitative estimate of drug-likeness (QED) is 0.419. The summed E-state index contributed by atoms with van der Waals surface area (Å²) >= 11 is 0. The lowest BCUT2D eigenvalue weighted by molar-refractivity contribution is -0.148. The number of carbonyl (C=O) groups is 1. The average molecular weight is 197 g/mol. The van der Waals surface area contributed by atoms with Gasteiger partial charge in [-0.1, -0.05) is 5.16 Å². The highest BCUT2D eigenvalue weighted by molar-refractivity contribution is 5.76. The summed E-state index contributed by atoms with van der Waals surface area (Å²) in [6.45, 7) is 1.88. The van der Waals surface area contributed by atoms with Crippen molar-refractivity contribution in [1.29, 1.82) is 0 Å². The van der Waals surface area contributed by atoms with E-state index >= 15 is 0 Å². The van der Waals surface area contributed by atoms with E-state index in [0.717, 1.165) is 0 Å². The highest BCUT2D eigenvalue weighted by atomic mass is 16.6. The van der Waals surface area contributed by atoms with Crippen molar-refractivity contribution in [2.45, 2.75) is 6.92 Å². The molecule has 0 aromatic carbocycles. The summed E-state index contributed by atoms with van der Waals surface area (Å²) < 4.78 is 4.62. The number of esters is 1. The van der Waals surface area contributed by atoms with Crippen molar-refractivity contribution in [1.82, 2.24) is 10.2 Å². The summed E-state index contributed by atoms with van der Waals surface area (Å²) in [4.78, 5) is 15.4. The molecule has 14 heavy (non-hydrogen) atoms. The molecule has 0 saturated heterocycles. The van der Waals surface area contributed by atoms with E-state index in [1.54, 1.807) is 19.2 Å². The SMILES string of the molecule is CCOC(=O)CON=Cc1cc[nH]n1. The normalized spacial score (nSPS) is 10.4. The lowest BCUT2D eigenvalue weighted by Gasteiger charge is -1.98. The number of hydrogen-bond acceptors (Lipinski definition) is 5. The minimum absolute atomic E-state index is 0.186. The van der Waals surface area contributed by atoms with Crippen LogP contribution in [0.2, 0.25) is 0 Å². The molecular formula is C8H11N3O3. The van der Waals surface area contributed by atoms with Gasteiger partial charge in [0.1, 0.15) is 5.69 Å². The van der Waals surface area contributed by atoms with Gasteiger partial charge in [0.05, 0.1) is 12.8 Å². The molecule has 1 aromatic rings. The Bertz CT molecular complexity index is 295. The molecule has 0 aliphatic heterocycles. The van der Waals surface area contributed by atoms with Crippen molar-refractivity contribution in [3.05, 3.63) is 18.0 Å². The maximum absolute atomic E-state index is 10.8. The fraction of sp³-hybridized carbons (Fsp3) is 0.375. The van der Waals surface area contributed by atoms with Gasteiger partial charge in [-0.25, -0.2) is 4.79 Å². The van der Waals surface area contributed by atoms with E-state index in [-0.39, 0.29) is 6.61 Å². The Morgan fingerprint density at radius 2 is 2.64 bits per heavy atom. The largest absolute Gasteiger partial charge is 0.463 e. The van der Waals surface area contributed by atoms with Gasteiger partial charge in [-0.2, -0.15) is 5.10 Å². The summed E-state index contributed by atoms with van der Waals surface area (Å²) in [6.07, 6.45) is 3.06. The van der Waals surface area contributed by atoms with Crippen molar-refractivity contribution >= 4 is 12.2 Å². The van der Waals surface area contributed by atoms with Crippen molar-refractivity contribution in [3.63, 3.8) is 0 Å². The highest BCUT2D eigenvalue weighted by Gasteiger charge is 1.99. The van der Waals surface area contributed by atoms with Gasteiger partial charge in [0.25, 0.3) is 0 Å². The number of ether oxygens (including phenoxy) is 1. The number of H-pyrrole nitrogens is 1. The summed E-state index contributed by atoms with van der Waals surface area (Å²) in [5, 5.41) is 9.94. The van der Waals surface area contributed by atoms with Crippen LogP contribution in [-0.4, -0.2) is 35.6 Å². The van der Waals surface area contributed by atoms with Crippen LogP contribution in [0.4, 0.5) is 0 Å². The van der Waals surface area contributed by atoms with Gasteiger partial charge in [0.2, 0.25) is 6.61 Å². The number of aromatic nitrogens is 2. The van der Waals surface area contributed by atoms with Crippen LogP contribution < -0.4 is 0 Å². The fourth-order valence-electron chi connectivity index (χ4n) is 0.728. The number of carbonyl (C=O) groups excluding carboxylic acids is 1. The Kier molecular flexibility index (Phi) is 4.19. The number of hydrogen-bond donors (Lipinski definition) is 1. The van der Waals surface area contributed by atoms with Gasteiger partial charge in [0.15, 0.2) is 0 Å². The van der Waals surface area contributed by atoms with Crippen molar-refractivity contribution in [2.24, 2.45) is 5.16 Å². The molecule has 0 fully saturated rings. The lowest BCUT2D eigenvalue weighted by atomic mass is 10.5. The van der Waals surface area contributed by atoms with Gasteiger partial charge in [-0.3, -0.25) is 5.10 Å². The number of aromatic amines is 1. The first kappa shape index (κ1) is 10.2. The van der Waals surface area contributed by atoms with E-state index in [4.69, 9.17) is 0 Å².